The van der Waals surface area contributed by atoms with Crippen molar-refractivity contribution in [1.82, 2.24) is 0 Å². The zero-order chi connectivity index (χ0) is 24.0. The van der Waals surface area contributed by atoms with Gasteiger partial charge in [0.15, 0.2) is 0 Å². The van der Waals surface area contributed by atoms with Crippen molar-refractivity contribution in [3.8, 4) is 0 Å². The van der Waals surface area contributed by atoms with Gasteiger partial charge in [0.2, 0.25) is 0 Å². The second kappa shape index (κ2) is 8.29. The van der Waals surface area contributed by atoms with Gasteiger partial charge in [-0.25, -0.2) is 8.42 Å². The summed E-state index contributed by atoms with van der Waals surface area (Å²) in [5, 5.41) is 14.6. The molecule has 2 aliphatic rings. The molecule has 3 aromatic carbocycles. The molecule has 7 nitrogen and oxygen atoms in total. The Bertz CT molecular complexity index is 1390. The van der Waals surface area contributed by atoms with Crippen LogP contribution >= 0.6 is 0 Å². The second-order valence-electron chi connectivity index (χ2n) is 8.95. The fourth-order valence-corrected chi connectivity index (χ4v) is 6.28. The van der Waals surface area contributed by atoms with E-state index >= 15 is 0 Å². The van der Waals surface area contributed by atoms with Gasteiger partial charge >= 0.3 is 0 Å². The van der Waals surface area contributed by atoms with E-state index in [1.807, 2.05) is 38.1 Å². The van der Waals surface area contributed by atoms with Crippen LogP contribution in [0.1, 0.15) is 40.6 Å². The Morgan fingerprint density at radius 1 is 1.03 bits per heavy atom. The van der Waals surface area contributed by atoms with Crippen molar-refractivity contribution >= 4 is 27.1 Å². The van der Waals surface area contributed by atoms with E-state index in [1.165, 1.54) is 12.1 Å². The smallest absolute Gasteiger partial charge is 0.269 e. The molecule has 0 saturated heterocycles. The summed E-state index contributed by atoms with van der Waals surface area (Å²) >= 11 is 0. The van der Waals surface area contributed by atoms with Gasteiger partial charge in [0.25, 0.3) is 15.7 Å². The maximum Gasteiger partial charge on any atom is 0.269 e. The van der Waals surface area contributed by atoms with Crippen LogP contribution in [-0.4, -0.2) is 13.3 Å². The number of nitrogens with zero attached hydrogens (tertiary/aromatic N) is 1. The molecule has 0 aromatic heterocycles. The van der Waals surface area contributed by atoms with E-state index < -0.39 is 14.9 Å². The predicted molar refractivity (Wildman–Crippen MR) is 133 cm³/mol. The number of nitro groups is 1. The topological polar surface area (TPSA) is 101 Å². The summed E-state index contributed by atoms with van der Waals surface area (Å²) in [7, 11) is -3.76. The van der Waals surface area contributed by atoms with Gasteiger partial charge in [0.1, 0.15) is 0 Å². The number of rotatable bonds is 5. The molecule has 174 valence electrons. The lowest BCUT2D eigenvalue weighted by molar-refractivity contribution is -0.384. The molecule has 3 unspecified atom stereocenters. The fraction of sp³-hybridized carbons (Fsp3) is 0.231. The summed E-state index contributed by atoms with van der Waals surface area (Å²) in [6.07, 6.45) is 5.11. The van der Waals surface area contributed by atoms with E-state index in [4.69, 9.17) is 0 Å². The molecule has 2 N–H and O–H groups in total. The molecule has 34 heavy (non-hydrogen) atoms. The Balaban J connectivity index is 1.48. The summed E-state index contributed by atoms with van der Waals surface area (Å²) in [4.78, 5) is 10.9. The summed E-state index contributed by atoms with van der Waals surface area (Å²) < 4.78 is 29.3. The van der Waals surface area contributed by atoms with Crippen LogP contribution in [0.3, 0.4) is 0 Å². The lowest BCUT2D eigenvalue weighted by Crippen LogP contribution is -2.29. The molecular formula is C26H25N3O4S. The van der Waals surface area contributed by atoms with Crippen molar-refractivity contribution in [2.24, 2.45) is 5.92 Å². The summed E-state index contributed by atoms with van der Waals surface area (Å²) in [5.41, 5.74) is 5.20. The Morgan fingerprint density at radius 2 is 1.74 bits per heavy atom. The highest BCUT2D eigenvalue weighted by Gasteiger charge is 2.38. The zero-order valence-corrected chi connectivity index (χ0v) is 19.7. The van der Waals surface area contributed by atoms with Gasteiger partial charge in [-0.1, -0.05) is 42.5 Å². The van der Waals surface area contributed by atoms with Gasteiger partial charge in [-0.15, -0.1) is 0 Å². The third-order valence-electron chi connectivity index (χ3n) is 6.83. The number of sulfonamides is 1. The third kappa shape index (κ3) is 3.84. The van der Waals surface area contributed by atoms with Crippen LogP contribution in [0.2, 0.25) is 0 Å². The molecule has 1 heterocycles. The average Bonchev–Trinajstić information content (AvgIpc) is 3.31. The number of aryl methyl sites for hydroxylation is 2. The van der Waals surface area contributed by atoms with E-state index in [2.05, 4.69) is 22.2 Å². The van der Waals surface area contributed by atoms with Gasteiger partial charge in [-0.05, 0) is 66.6 Å². The molecule has 3 atom stereocenters. The summed E-state index contributed by atoms with van der Waals surface area (Å²) in [5.74, 6) is 0.255. The number of benzene rings is 3. The number of anilines is 2. The zero-order valence-electron chi connectivity index (χ0n) is 18.9. The molecule has 0 amide bonds. The van der Waals surface area contributed by atoms with E-state index in [-0.39, 0.29) is 28.5 Å². The van der Waals surface area contributed by atoms with Gasteiger partial charge < -0.3 is 5.32 Å². The van der Waals surface area contributed by atoms with Crippen LogP contribution in [0.4, 0.5) is 17.1 Å². The normalized spacial score (nSPS) is 20.8. The first-order chi connectivity index (χ1) is 16.2. The van der Waals surface area contributed by atoms with Gasteiger partial charge in [-0.3, -0.25) is 14.8 Å². The standard InChI is InChI=1S/C26H25N3O4S/c1-16-5-3-6-17(2)25(16)28-34(32,33)20-13-14-24-23(15-20)21-7-4-8-22(21)26(27-24)18-9-11-19(12-10-18)29(30)31/h3-7,9-15,21-22,26-28H,8H2,1-2H3. The molecule has 0 fully saturated rings. The molecule has 1 aliphatic heterocycles. The summed E-state index contributed by atoms with van der Waals surface area (Å²) in [6, 6.07) is 17.5. The van der Waals surface area contributed by atoms with Crippen LogP contribution in [0.5, 0.6) is 0 Å². The number of non-ortho nitro benzene ring substituents is 1. The maximum atomic E-state index is 13.3. The van der Waals surface area contributed by atoms with Crippen molar-refractivity contribution in [3.05, 3.63) is 105 Å². The second-order valence-corrected chi connectivity index (χ2v) is 10.6. The van der Waals surface area contributed by atoms with Gasteiger partial charge in [-0.2, -0.15) is 0 Å². The van der Waals surface area contributed by atoms with Crippen LogP contribution in [0, 0.1) is 29.9 Å². The molecule has 0 saturated carbocycles. The minimum Gasteiger partial charge on any atom is -0.378 e. The van der Waals surface area contributed by atoms with Crippen LogP contribution in [-0.2, 0) is 10.0 Å². The highest BCUT2D eigenvalue weighted by atomic mass is 32.2. The van der Waals surface area contributed by atoms with E-state index in [0.717, 1.165) is 34.4 Å². The molecule has 0 radical (unpaired) electrons. The number of allylic oxidation sites excluding steroid dienone is 2. The number of nitro benzene ring substituents is 1. The first kappa shape index (κ1) is 22.2. The SMILES string of the molecule is Cc1cccc(C)c1NS(=O)(=O)c1ccc2c(c1)C1C=CCC1C(c1ccc([N+](=O)[O-])cc1)N2. The van der Waals surface area contributed by atoms with Gasteiger partial charge in [0, 0.05) is 23.7 Å². The monoisotopic (exact) mass is 475 g/mol. The van der Waals surface area contributed by atoms with E-state index in [9.17, 15) is 18.5 Å². The van der Waals surface area contributed by atoms with E-state index in [1.54, 1.807) is 24.3 Å². The highest BCUT2D eigenvalue weighted by Crippen LogP contribution is 2.50. The van der Waals surface area contributed by atoms with Crippen molar-refractivity contribution < 1.29 is 13.3 Å². The lowest BCUT2D eigenvalue weighted by atomic mass is 9.77. The quantitative estimate of drug-likeness (QED) is 0.274. The molecule has 0 spiro atoms. The molecule has 3 aromatic rings. The first-order valence-electron chi connectivity index (χ1n) is 11.1. The Kier molecular flexibility index (Phi) is 5.40. The van der Waals surface area contributed by atoms with Crippen molar-refractivity contribution in [2.75, 3.05) is 10.0 Å². The number of fused-ring (bicyclic) bond motifs is 3. The first-order valence-corrected chi connectivity index (χ1v) is 12.6. The number of para-hydroxylation sites is 1. The van der Waals surface area contributed by atoms with E-state index in [0.29, 0.717) is 5.69 Å². The molecule has 1 aliphatic carbocycles. The van der Waals surface area contributed by atoms with Crippen molar-refractivity contribution in [1.29, 1.82) is 0 Å². The third-order valence-corrected chi connectivity index (χ3v) is 8.17. The van der Waals surface area contributed by atoms with Crippen LogP contribution in [0.15, 0.2) is 77.7 Å². The Morgan fingerprint density at radius 3 is 2.41 bits per heavy atom. The highest BCUT2D eigenvalue weighted by molar-refractivity contribution is 7.92. The average molecular weight is 476 g/mol. The molecule has 5 rings (SSSR count). The molecular weight excluding hydrogens is 450 g/mol. The van der Waals surface area contributed by atoms with Gasteiger partial charge in [0.05, 0.1) is 21.5 Å². The molecule has 0 bridgehead atoms. The van der Waals surface area contributed by atoms with Crippen LogP contribution in [0.25, 0.3) is 0 Å². The lowest BCUT2D eigenvalue weighted by Gasteiger charge is -2.37. The largest absolute Gasteiger partial charge is 0.378 e. The number of hydrogen-bond acceptors (Lipinski definition) is 5. The van der Waals surface area contributed by atoms with Crippen molar-refractivity contribution in [2.45, 2.75) is 37.1 Å². The number of hydrogen-bond donors (Lipinski definition) is 2. The fourth-order valence-electron chi connectivity index (χ4n) is 5.04. The van der Waals surface area contributed by atoms with Crippen LogP contribution < -0.4 is 10.0 Å². The Labute approximate surface area is 198 Å². The van der Waals surface area contributed by atoms with Crippen molar-refractivity contribution in [3.63, 3.8) is 0 Å². The minimum absolute atomic E-state index is 0.0245. The minimum atomic E-state index is -3.76. The Hall–Kier alpha value is -3.65. The predicted octanol–water partition coefficient (Wildman–Crippen LogP) is 5.84. The summed E-state index contributed by atoms with van der Waals surface area (Å²) in [6.45, 7) is 3.77. The molecule has 8 heteroatoms. The maximum absolute atomic E-state index is 13.3. The number of nitrogens with one attached hydrogen (secondary N) is 2.